The largest absolute Gasteiger partial charge is 0.377 e. The van der Waals surface area contributed by atoms with Crippen molar-refractivity contribution < 1.29 is 4.74 Å². The second-order valence-corrected chi connectivity index (χ2v) is 4.38. The summed E-state index contributed by atoms with van der Waals surface area (Å²) >= 11 is 0. The van der Waals surface area contributed by atoms with E-state index in [1.807, 2.05) is 14.2 Å². The zero-order valence-electron chi connectivity index (χ0n) is 8.10. The first kappa shape index (κ1) is 8.52. The van der Waals surface area contributed by atoms with Crippen LogP contribution in [0.1, 0.15) is 25.7 Å². The molecule has 3 atom stereocenters. The maximum absolute atomic E-state index is 5.71. The Bertz CT molecular complexity index is 171. The van der Waals surface area contributed by atoms with E-state index < -0.39 is 0 Å². The molecule has 0 spiro atoms. The Labute approximate surface area is 74.7 Å². The normalized spacial score (nSPS) is 45.5. The molecule has 0 aliphatic heterocycles. The Hall–Kier alpha value is -0.0800. The molecule has 70 valence electrons. The quantitative estimate of drug-likeness (QED) is 0.689. The fourth-order valence-corrected chi connectivity index (χ4v) is 3.23. The van der Waals surface area contributed by atoms with Gasteiger partial charge < -0.3 is 10.1 Å². The predicted octanol–water partition coefficient (Wildman–Crippen LogP) is 1.41. The summed E-state index contributed by atoms with van der Waals surface area (Å²) in [5, 5.41) is 3.26. The summed E-state index contributed by atoms with van der Waals surface area (Å²) in [6.45, 7) is 1.03. The maximum atomic E-state index is 5.71. The standard InChI is InChI=1S/C10H19NO/c1-11-7-10(12-2)6-8-3-4-9(10)5-8/h8-9,11H,3-7H2,1-2H3. The van der Waals surface area contributed by atoms with Crippen LogP contribution in [0.15, 0.2) is 0 Å². The molecular weight excluding hydrogens is 150 g/mol. The molecule has 12 heavy (non-hydrogen) atoms. The molecule has 1 N–H and O–H groups in total. The SMILES string of the molecule is CNCC1(OC)CC2CCC1C2. The first-order valence-corrected chi connectivity index (χ1v) is 5.00. The molecule has 2 bridgehead atoms. The summed E-state index contributed by atoms with van der Waals surface area (Å²) in [7, 11) is 3.89. The van der Waals surface area contributed by atoms with Gasteiger partial charge in [-0.15, -0.1) is 0 Å². The van der Waals surface area contributed by atoms with Gasteiger partial charge in [-0.2, -0.15) is 0 Å². The van der Waals surface area contributed by atoms with Crippen molar-refractivity contribution in [3.63, 3.8) is 0 Å². The summed E-state index contributed by atoms with van der Waals surface area (Å²) in [6.07, 6.45) is 5.53. The lowest BCUT2D eigenvalue weighted by atomic mass is 9.84. The van der Waals surface area contributed by atoms with Crippen molar-refractivity contribution in [1.29, 1.82) is 0 Å². The third kappa shape index (κ3) is 1.09. The average molecular weight is 169 g/mol. The fraction of sp³-hybridized carbons (Fsp3) is 1.00. The van der Waals surface area contributed by atoms with Gasteiger partial charge >= 0.3 is 0 Å². The first-order valence-electron chi connectivity index (χ1n) is 5.00. The molecule has 0 radical (unpaired) electrons. The van der Waals surface area contributed by atoms with E-state index in [0.29, 0.717) is 0 Å². The number of methoxy groups -OCH3 is 1. The number of ether oxygens (including phenoxy) is 1. The van der Waals surface area contributed by atoms with Gasteiger partial charge in [-0.25, -0.2) is 0 Å². The maximum Gasteiger partial charge on any atom is 0.0833 e. The number of fused-ring (bicyclic) bond motifs is 2. The van der Waals surface area contributed by atoms with Crippen LogP contribution in [0, 0.1) is 11.8 Å². The van der Waals surface area contributed by atoms with Crippen LogP contribution in [-0.4, -0.2) is 26.3 Å². The molecule has 0 heterocycles. The molecule has 0 aromatic rings. The third-order valence-electron chi connectivity index (χ3n) is 3.80. The van der Waals surface area contributed by atoms with Crippen molar-refractivity contribution in [2.45, 2.75) is 31.3 Å². The zero-order valence-corrected chi connectivity index (χ0v) is 8.10. The highest BCUT2D eigenvalue weighted by atomic mass is 16.5. The predicted molar refractivity (Wildman–Crippen MR) is 49.1 cm³/mol. The second kappa shape index (κ2) is 3.00. The van der Waals surface area contributed by atoms with Crippen LogP contribution in [0.4, 0.5) is 0 Å². The van der Waals surface area contributed by atoms with Crippen LogP contribution >= 0.6 is 0 Å². The highest BCUT2D eigenvalue weighted by Gasteiger charge is 2.50. The Morgan fingerprint density at radius 3 is 2.75 bits per heavy atom. The van der Waals surface area contributed by atoms with Crippen molar-refractivity contribution >= 4 is 0 Å². The van der Waals surface area contributed by atoms with Gasteiger partial charge in [0.1, 0.15) is 0 Å². The van der Waals surface area contributed by atoms with Gasteiger partial charge in [-0.1, -0.05) is 0 Å². The van der Waals surface area contributed by atoms with Crippen LogP contribution in [0.5, 0.6) is 0 Å². The lowest BCUT2D eigenvalue weighted by molar-refractivity contribution is -0.0508. The van der Waals surface area contributed by atoms with Gasteiger partial charge in [-0.3, -0.25) is 0 Å². The van der Waals surface area contributed by atoms with Crippen LogP contribution in [-0.2, 0) is 4.74 Å². The van der Waals surface area contributed by atoms with Crippen molar-refractivity contribution in [1.82, 2.24) is 5.32 Å². The molecule has 2 aliphatic rings. The Morgan fingerprint density at radius 1 is 1.50 bits per heavy atom. The Balaban J connectivity index is 2.08. The minimum absolute atomic E-state index is 0.192. The van der Waals surface area contributed by atoms with E-state index >= 15 is 0 Å². The molecule has 0 aromatic carbocycles. The van der Waals surface area contributed by atoms with Crippen molar-refractivity contribution in [2.75, 3.05) is 20.7 Å². The second-order valence-electron chi connectivity index (χ2n) is 4.38. The summed E-state index contributed by atoms with van der Waals surface area (Å²) in [5.74, 6) is 1.79. The summed E-state index contributed by atoms with van der Waals surface area (Å²) in [5.41, 5.74) is 0.192. The lowest BCUT2D eigenvalue weighted by Crippen LogP contribution is -2.45. The Kier molecular flexibility index (Phi) is 2.13. The molecule has 3 unspecified atom stereocenters. The summed E-state index contributed by atoms with van der Waals surface area (Å²) < 4.78 is 5.71. The van der Waals surface area contributed by atoms with Gasteiger partial charge in [0.05, 0.1) is 5.60 Å². The van der Waals surface area contributed by atoms with Crippen LogP contribution < -0.4 is 5.32 Å². The smallest absolute Gasteiger partial charge is 0.0833 e. The molecule has 2 rings (SSSR count). The van der Waals surface area contributed by atoms with Crippen LogP contribution in [0.25, 0.3) is 0 Å². The van der Waals surface area contributed by atoms with E-state index in [1.54, 1.807) is 0 Å². The lowest BCUT2D eigenvalue weighted by Gasteiger charge is -2.36. The number of likely N-dealkylation sites (N-methyl/N-ethyl adjacent to an activating group) is 1. The van der Waals surface area contributed by atoms with Crippen LogP contribution in [0.2, 0.25) is 0 Å². The van der Waals surface area contributed by atoms with Gasteiger partial charge in [0.2, 0.25) is 0 Å². The molecule has 2 fully saturated rings. The zero-order chi connectivity index (χ0) is 8.60. The highest BCUT2D eigenvalue weighted by Crippen LogP contribution is 2.51. The minimum Gasteiger partial charge on any atom is -0.377 e. The number of hydrogen-bond acceptors (Lipinski definition) is 2. The van der Waals surface area contributed by atoms with Crippen molar-refractivity contribution in [3.05, 3.63) is 0 Å². The molecule has 2 saturated carbocycles. The first-order chi connectivity index (χ1) is 5.80. The van der Waals surface area contributed by atoms with E-state index in [4.69, 9.17) is 4.74 Å². The number of nitrogens with one attached hydrogen (secondary N) is 1. The van der Waals surface area contributed by atoms with Crippen LogP contribution in [0.3, 0.4) is 0 Å². The molecule has 2 nitrogen and oxygen atoms in total. The van der Waals surface area contributed by atoms with Gasteiger partial charge in [0.25, 0.3) is 0 Å². The van der Waals surface area contributed by atoms with Gasteiger partial charge in [0, 0.05) is 13.7 Å². The van der Waals surface area contributed by atoms with Crippen molar-refractivity contribution in [3.8, 4) is 0 Å². The van der Waals surface area contributed by atoms with E-state index in [9.17, 15) is 0 Å². The number of hydrogen-bond donors (Lipinski definition) is 1. The molecule has 0 saturated heterocycles. The average Bonchev–Trinajstić information content (AvgIpc) is 2.64. The Morgan fingerprint density at radius 2 is 2.33 bits per heavy atom. The molecule has 0 amide bonds. The van der Waals surface area contributed by atoms with E-state index in [1.165, 1.54) is 25.7 Å². The monoisotopic (exact) mass is 169 g/mol. The summed E-state index contributed by atoms with van der Waals surface area (Å²) in [4.78, 5) is 0. The molecule has 2 heteroatoms. The van der Waals surface area contributed by atoms with E-state index in [-0.39, 0.29) is 5.60 Å². The van der Waals surface area contributed by atoms with Gasteiger partial charge in [-0.05, 0) is 44.6 Å². The summed E-state index contributed by atoms with van der Waals surface area (Å²) in [6, 6.07) is 0. The molecule has 2 aliphatic carbocycles. The van der Waals surface area contributed by atoms with Crippen molar-refractivity contribution in [2.24, 2.45) is 11.8 Å². The van der Waals surface area contributed by atoms with E-state index in [2.05, 4.69) is 5.32 Å². The van der Waals surface area contributed by atoms with Gasteiger partial charge in [0.15, 0.2) is 0 Å². The topological polar surface area (TPSA) is 21.3 Å². The highest BCUT2D eigenvalue weighted by molar-refractivity contribution is 5.03. The molecule has 0 aromatic heterocycles. The minimum atomic E-state index is 0.192. The van der Waals surface area contributed by atoms with E-state index in [0.717, 1.165) is 18.4 Å². The number of rotatable bonds is 3. The third-order valence-corrected chi connectivity index (χ3v) is 3.80. The fourth-order valence-electron chi connectivity index (χ4n) is 3.23. The molecular formula is C10H19NO.